The zero-order valence-electron chi connectivity index (χ0n) is 16.4. The Morgan fingerprint density at radius 2 is 1.96 bits per heavy atom. The van der Waals surface area contributed by atoms with Crippen LogP contribution in [0.4, 0.5) is 4.79 Å². The summed E-state index contributed by atoms with van der Waals surface area (Å²) >= 11 is 0. The van der Waals surface area contributed by atoms with Gasteiger partial charge in [-0.3, -0.25) is 4.90 Å². The van der Waals surface area contributed by atoms with Crippen molar-refractivity contribution in [1.82, 2.24) is 4.90 Å². The first kappa shape index (κ1) is 20.3. The number of amides is 1. The highest BCUT2D eigenvalue weighted by molar-refractivity contribution is 5.93. The quantitative estimate of drug-likeness (QED) is 0.561. The van der Waals surface area contributed by atoms with E-state index in [0.29, 0.717) is 18.4 Å². The largest absolute Gasteiger partial charge is 0.463 e. The standard InChI is InChI=1S/C19H29NO6/c1-7-24-16(21)12(3)25-17(22)13-8-9-14-11(2)10-15(13)20(14)18(23)26-19(4,5)6/h8,11-12,14-15H,7,9-10H2,1-6H3/t11-,12+,14-,15-/m1/s1. The molecule has 146 valence electrons. The van der Waals surface area contributed by atoms with Crippen molar-refractivity contribution in [2.24, 2.45) is 5.92 Å². The lowest BCUT2D eigenvalue weighted by Gasteiger charge is -2.36. The fraction of sp³-hybridized carbons (Fsp3) is 0.737. The number of hydrogen-bond acceptors (Lipinski definition) is 6. The second kappa shape index (κ2) is 7.68. The molecule has 2 aliphatic heterocycles. The Balaban J connectivity index is 2.13. The van der Waals surface area contributed by atoms with E-state index in [0.717, 1.165) is 0 Å². The van der Waals surface area contributed by atoms with Gasteiger partial charge in [-0.1, -0.05) is 13.0 Å². The lowest BCUT2D eigenvalue weighted by molar-refractivity contribution is -0.164. The van der Waals surface area contributed by atoms with Gasteiger partial charge in [0.1, 0.15) is 5.60 Å². The molecule has 0 N–H and O–H groups in total. The number of hydrogen-bond donors (Lipinski definition) is 0. The van der Waals surface area contributed by atoms with Crippen molar-refractivity contribution in [2.45, 2.75) is 78.2 Å². The van der Waals surface area contributed by atoms with Crippen LogP contribution >= 0.6 is 0 Å². The molecule has 2 heterocycles. The van der Waals surface area contributed by atoms with Crippen LogP contribution in [-0.2, 0) is 23.8 Å². The van der Waals surface area contributed by atoms with E-state index >= 15 is 0 Å². The van der Waals surface area contributed by atoms with Gasteiger partial charge < -0.3 is 14.2 Å². The first-order chi connectivity index (χ1) is 12.0. The molecule has 0 aromatic heterocycles. The van der Waals surface area contributed by atoms with E-state index in [1.54, 1.807) is 11.8 Å². The molecule has 0 unspecified atom stereocenters. The van der Waals surface area contributed by atoms with Gasteiger partial charge in [-0.2, -0.15) is 0 Å². The lowest BCUT2D eigenvalue weighted by atomic mass is 10.0. The van der Waals surface area contributed by atoms with E-state index in [2.05, 4.69) is 6.92 Å². The Bertz CT molecular complexity index is 606. The van der Waals surface area contributed by atoms with E-state index in [1.807, 2.05) is 26.8 Å². The highest BCUT2D eigenvalue weighted by atomic mass is 16.6. The van der Waals surface area contributed by atoms with Gasteiger partial charge in [0.25, 0.3) is 0 Å². The van der Waals surface area contributed by atoms with Crippen LogP contribution in [0.1, 0.15) is 54.4 Å². The van der Waals surface area contributed by atoms with Gasteiger partial charge in [0.2, 0.25) is 0 Å². The van der Waals surface area contributed by atoms with Crippen molar-refractivity contribution in [3.63, 3.8) is 0 Å². The lowest BCUT2D eigenvalue weighted by Crippen LogP contribution is -2.48. The van der Waals surface area contributed by atoms with Crippen LogP contribution in [0.15, 0.2) is 11.6 Å². The second-order valence-corrected chi connectivity index (χ2v) is 7.88. The number of fused-ring (bicyclic) bond motifs is 2. The van der Waals surface area contributed by atoms with Crippen molar-refractivity contribution in [2.75, 3.05) is 6.61 Å². The van der Waals surface area contributed by atoms with Gasteiger partial charge in [-0.25, -0.2) is 14.4 Å². The highest BCUT2D eigenvalue weighted by Crippen LogP contribution is 2.40. The monoisotopic (exact) mass is 367 g/mol. The Morgan fingerprint density at radius 3 is 2.54 bits per heavy atom. The van der Waals surface area contributed by atoms with E-state index in [9.17, 15) is 14.4 Å². The molecule has 0 saturated carbocycles. The summed E-state index contributed by atoms with van der Waals surface area (Å²) in [6, 6.07) is -0.380. The number of esters is 2. The summed E-state index contributed by atoms with van der Waals surface area (Å²) in [7, 11) is 0. The Hall–Kier alpha value is -2.05. The first-order valence-electron chi connectivity index (χ1n) is 9.14. The number of carbonyl (C=O) groups is 3. The zero-order chi connectivity index (χ0) is 19.6. The number of nitrogens with zero attached hydrogens (tertiary/aromatic N) is 1. The van der Waals surface area contributed by atoms with E-state index < -0.39 is 29.7 Å². The molecule has 4 atom stereocenters. The average molecular weight is 367 g/mol. The molecule has 1 amide bonds. The summed E-state index contributed by atoms with van der Waals surface area (Å²) in [6.45, 7) is 10.9. The fourth-order valence-corrected chi connectivity index (χ4v) is 3.47. The minimum Gasteiger partial charge on any atom is -0.463 e. The Morgan fingerprint density at radius 1 is 1.31 bits per heavy atom. The van der Waals surface area contributed by atoms with Crippen LogP contribution in [0, 0.1) is 5.92 Å². The summed E-state index contributed by atoms with van der Waals surface area (Å²) in [4.78, 5) is 38.6. The van der Waals surface area contributed by atoms with Gasteiger partial charge in [0.05, 0.1) is 18.2 Å². The number of rotatable bonds is 4. The molecule has 0 aromatic carbocycles. The molecule has 0 aromatic rings. The fourth-order valence-electron chi connectivity index (χ4n) is 3.47. The van der Waals surface area contributed by atoms with Crippen LogP contribution in [0.2, 0.25) is 0 Å². The molecule has 7 heteroatoms. The van der Waals surface area contributed by atoms with Gasteiger partial charge in [0.15, 0.2) is 6.10 Å². The normalized spacial score (nSPS) is 26.0. The highest BCUT2D eigenvalue weighted by Gasteiger charge is 2.49. The minimum absolute atomic E-state index is 0.00822. The van der Waals surface area contributed by atoms with Crippen molar-refractivity contribution < 1.29 is 28.6 Å². The molecule has 2 rings (SSSR count). The van der Waals surface area contributed by atoms with Crippen molar-refractivity contribution in [1.29, 1.82) is 0 Å². The predicted octanol–water partition coefficient (Wildman–Crippen LogP) is 2.83. The van der Waals surface area contributed by atoms with Gasteiger partial charge in [-0.05, 0) is 53.4 Å². The molecule has 1 fully saturated rings. The van der Waals surface area contributed by atoms with Crippen LogP contribution in [0.5, 0.6) is 0 Å². The van der Waals surface area contributed by atoms with E-state index in [-0.39, 0.29) is 24.6 Å². The van der Waals surface area contributed by atoms with Crippen molar-refractivity contribution >= 4 is 18.0 Å². The maximum atomic E-state index is 12.7. The third-order valence-corrected chi connectivity index (χ3v) is 4.63. The molecule has 0 radical (unpaired) electrons. The van der Waals surface area contributed by atoms with Gasteiger partial charge in [0, 0.05) is 6.04 Å². The van der Waals surface area contributed by atoms with Gasteiger partial charge in [-0.15, -0.1) is 0 Å². The predicted molar refractivity (Wildman–Crippen MR) is 94.3 cm³/mol. The maximum absolute atomic E-state index is 12.7. The molecule has 0 spiro atoms. The Kier molecular flexibility index (Phi) is 5.98. The second-order valence-electron chi connectivity index (χ2n) is 7.88. The van der Waals surface area contributed by atoms with Crippen LogP contribution in [0.3, 0.4) is 0 Å². The molecular weight excluding hydrogens is 338 g/mol. The molecule has 1 saturated heterocycles. The number of ether oxygens (including phenoxy) is 3. The smallest absolute Gasteiger partial charge is 0.411 e. The van der Waals surface area contributed by atoms with Gasteiger partial charge >= 0.3 is 18.0 Å². The Labute approximate surface area is 154 Å². The third-order valence-electron chi connectivity index (χ3n) is 4.63. The molecular formula is C19H29NO6. The maximum Gasteiger partial charge on any atom is 0.411 e. The third kappa shape index (κ3) is 4.37. The van der Waals surface area contributed by atoms with Crippen LogP contribution in [0.25, 0.3) is 0 Å². The molecule has 26 heavy (non-hydrogen) atoms. The number of carbonyl (C=O) groups excluding carboxylic acids is 3. The summed E-state index contributed by atoms with van der Waals surface area (Å²) in [5.74, 6) is -0.924. The summed E-state index contributed by atoms with van der Waals surface area (Å²) in [5, 5.41) is 0. The minimum atomic E-state index is -0.991. The van der Waals surface area contributed by atoms with Crippen LogP contribution < -0.4 is 0 Å². The average Bonchev–Trinajstić information content (AvgIpc) is 2.74. The first-order valence-corrected chi connectivity index (χ1v) is 9.14. The summed E-state index contributed by atoms with van der Waals surface area (Å²) in [6.07, 6.45) is 1.64. The SMILES string of the molecule is CCOC(=O)[C@H](C)OC(=O)C1=CC[C@@H]2[C@H](C)C[C@H]1N2C(=O)OC(C)(C)C. The summed E-state index contributed by atoms with van der Waals surface area (Å²) in [5.41, 5.74) is -0.201. The molecule has 2 aliphatic rings. The van der Waals surface area contributed by atoms with E-state index in [1.165, 1.54) is 6.92 Å². The van der Waals surface area contributed by atoms with E-state index in [4.69, 9.17) is 14.2 Å². The molecule has 0 aliphatic carbocycles. The molecule has 7 nitrogen and oxygen atoms in total. The summed E-state index contributed by atoms with van der Waals surface area (Å²) < 4.78 is 15.6. The van der Waals surface area contributed by atoms with Crippen LogP contribution in [-0.4, -0.2) is 53.3 Å². The van der Waals surface area contributed by atoms with Crippen molar-refractivity contribution in [3.05, 3.63) is 11.6 Å². The topological polar surface area (TPSA) is 82.1 Å². The molecule has 2 bridgehead atoms. The van der Waals surface area contributed by atoms with Crippen molar-refractivity contribution in [3.8, 4) is 0 Å². The zero-order valence-corrected chi connectivity index (χ0v) is 16.4.